The maximum absolute atomic E-state index is 13.3. The van der Waals surface area contributed by atoms with Gasteiger partial charge in [-0.15, -0.1) is 0 Å². The fourth-order valence-corrected chi connectivity index (χ4v) is 6.37. The summed E-state index contributed by atoms with van der Waals surface area (Å²) in [5.41, 5.74) is 1.25. The Bertz CT molecular complexity index is 869. The predicted molar refractivity (Wildman–Crippen MR) is 106 cm³/mol. The van der Waals surface area contributed by atoms with Crippen LogP contribution in [-0.2, 0) is 16.1 Å². The van der Waals surface area contributed by atoms with Crippen LogP contribution in [0.25, 0.3) is 0 Å². The topological polar surface area (TPSA) is 74.1 Å². The molecular weight excluding hydrogens is 366 g/mol. The lowest BCUT2D eigenvalue weighted by Crippen LogP contribution is -2.52. The zero-order chi connectivity index (χ0) is 20.0. The van der Waals surface area contributed by atoms with E-state index in [1.54, 1.807) is 30.1 Å². The molecule has 1 aromatic carbocycles. The molecule has 0 N–H and O–H groups in total. The Balaban J connectivity index is 1.23. The molecular formula is C23H27N3O3. The first-order valence-electron chi connectivity index (χ1n) is 10.7. The molecule has 1 atom stereocenters. The Hall–Kier alpha value is -2.50. The number of aromatic nitrogens is 3. The summed E-state index contributed by atoms with van der Waals surface area (Å²) in [7, 11) is 0. The second-order valence-electron chi connectivity index (χ2n) is 9.40. The number of rotatable bonds is 6. The van der Waals surface area contributed by atoms with Gasteiger partial charge in [0.2, 0.25) is 0 Å². The Labute approximate surface area is 170 Å². The van der Waals surface area contributed by atoms with Crippen molar-refractivity contribution < 1.29 is 14.3 Å². The highest BCUT2D eigenvalue weighted by Crippen LogP contribution is 2.60. The van der Waals surface area contributed by atoms with Gasteiger partial charge in [-0.3, -0.25) is 4.79 Å². The van der Waals surface area contributed by atoms with Crippen LogP contribution >= 0.6 is 0 Å². The number of carbonyl (C=O) groups is 2. The van der Waals surface area contributed by atoms with Gasteiger partial charge in [0, 0.05) is 5.41 Å². The van der Waals surface area contributed by atoms with Gasteiger partial charge in [0.15, 0.2) is 11.9 Å². The van der Waals surface area contributed by atoms with Crippen molar-refractivity contribution in [1.82, 2.24) is 14.8 Å². The minimum Gasteiger partial charge on any atom is -0.451 e. The van der Waals surface area contributed by atoms with Gasteiger partial charge in [-0.1, -0.05) is 12.1 Å². The number of Topliss-reactive ketones (excluding diaryl/α,β-unsaturated/α-hetero) is 1. The molecule has 29 heavy (non-hydrogen) atoms. The lowest BCUT2D eigenvalue weighted by molar-refractivity contribution is -0.152. The Morgan fingerprint density at radius 3 is 2.28 bits per heavy atom. The first kappa shape index (κ1) is 18.5. The highest BCUT2D eigenvalue weighted by molar-refractivity contribution is 5.94. The van der Waals surface area contributed by atoms with Crippen LogP contribution in [0.4, 0.5) is 0 Å². The number of ketones is 1. The molecule has 4 saturated carbocycles. The maximum atomic E-state index is 13.3. The number of esters is 1. The van der Waals surface area contributed by atoms with E-state index in [0.29, 0.717) is 29.9 Å². The second kappa shape index (κ2) is 7.08. The van der Waals surface area contributed by atoms with E-state index in [-0.39, 0.29) is 11.2 Å². The fraction of sp³-hybridized carbons (Fsp3) is 0.565. The summed E-state index contributed by atoms with van der Waals surface area (Å²) >= 11 is 0. The third-order valence-corrected chi connectivity index (χ3v) is 7.21. The Kier molecular flexibility index (Phi) is 4.52. The summed E-state index contributed by atoms with van der Waals surface area (Å²) in [6.45, 7) is 2.34. The summed E-state index contributed by atoms with van der Waals surface area (Å²) in [6, 6.07) is 7.25. The van der Waals surface area contributed by atoms with E-state index in [9.17, 15) is 9.59 Å². The molecule has 2 aromatic rings. The molecule has 0 saturated heterocycles. The number of benzene rings is 1. The van der Waals surface area contributed by atoms with E-state index in [2.05, 4.69) is 10.1 Å². The van der Waals surface area contributed by atoms with Crippen LogP contribution in [0.15, 0.2) is 36.9 Å². The van der Waals surface area contributed by atoms with Gasteiger partial charge < -0.3 is 4.74 Å². The molecule has 4 aliphatic rings. The van der Waals surface area contributed by atoms with Crippen molar-refractivity contribution >= 4 is 11.8 Å². The van der Waals surface area contributed by atoms with Crippen LogP contribution in [0.5, 0.6) is 0 Å². The SMILES string of the molecule is C[C@@H](OC(=O)c1ccc(Cn2cncn2)cc1)C(=O)C12CC3CC(CC(C3)C1)C2. The third-order valence-electron chi connectivity index (χ3n) is 7.21. The van der Waals surface area contributed by atoms with E-state index < -0.39 is 12.1 Å². The van der Waals surface area contributed by atoms with Crippen molar-refractivity contribution in [2.75, 3.05) is 0 Å². The van der Waals surface area contributed by atoms with E-state index in [1.165, 1.54) is 25.6 Å². The Morgan fingerprint density at radius 2 is 1.72 bits per heavy atom. The zero-order valence-corrected chi connectivity index (χ0v) is 16.8. The molecule has 6 nitrogen and oxygen atoms in total. The molecule has 4 fully saturated rings. The summed E-state index contributed by atoms with van der Waals surface area (Å²) in [5.74, 6) is 1.82. The fourth-order valence-electron chi connectivity index (χ4n) is 6.37. The van der Waals surface area contributed by atoms with Crippen LogP contribution in [0.3, 0.4) is 0 Å². The quantitative estimate of drug-likeness (QED) is 0.700. The molecule has 152 valence electrons. The van der Waals surface area contributed by atoms with Gasteiger partial charge in [-0.2, -0.15) is 5.10 Å². The number of nitrogens with zero attached hydrogens (tertiary/aromatic N) is 3. The van der Waals surface area contributed by atoms with Gasteiger partial charge in [0.25, 0.3) is 0 Å². The van der Waals surface area contributed by atoms with Crippen molar-refractivity contribution in [1.29, 1.82) is 0 Å². The average molecular weight is 393 g/mol. The lowest BCUT2D eigenvalue weighted by atomic mass is 9.48. The van der Waals surface area contributed by atoms with Gasteiger partial charge in [0.1, 0.15) is 12.7 Å². The van der Waals surface area contributed by atoms with Crippen LogP contribution < -0.4 is 0 Å². The third kappa shape index (κ3) is 3.49. The zero-order valence-electron chi connectivity index (χ0n) is 16.8. The summed E-state index contributed by atoms with van der Waals surface area (Å²) < 4.78 is 7.34. The van der Waals surface area contributed by atoms with E-state index in [0.717, 1.165) is 24.8 Å². The largest absolute Gasteiger partial charge is 0.451 e. The minimum atomic E-state index is -0.687. The predicted octanol–water partition coefficient (Wildman–Crippen LogP) is 3.66. The molecule has 0 amide bonds. The number of ether oxygens (including phenoxy) is 1. The molecule has 0 unspecified atom stereocenters. The van der Waals surface area contributed by atoms with Crippen molar-refractivity contribution in [3.63, 3.8) is 0 Å². The van der Waals surface area contributed by atoms with Gasteiger partial charge in [-0.25, -0.2) is 14.5 Å². The maximum Gasteiger partial charge on any atom is 0.338 e. The molecule has 6 rings (SSSR count). The lowest BCUT2D eigenvalue weighted by Gasteiger charge is -2.56. The second-order valence-corrected chi connectivity index (χ2v) is 9.40. The molecule has 1 heterocycles. The number of carbonyl (C=O) groups excluding carboxylic acids is 2. The molecule has 4 bridgehead atoms. The van der Waals surface area contributed by atoms with Crippen LogP contribution in [0.2, 0.25) is 0 Å². The van der Waals surface area contributed by atoms with Crippen LogP contribution in [0, 0.1) is 23.2 Å². The standard InChI is InChI=1S/C23H27N3O3/c1-15(21(27)23-9-17-6-18(10-23)8-19(7-17)11-23)29-22(28)20-4-2-16(3-5-20)12-26-14-24-13-25-26/h2-5,13-15,17-19H,6-12H2,1H3/t15-,17?,18?,19?,23?/m1/s1. The molecule has 0 spiro atoms. The minimum absolute atomic E-state index is 0.146. The summed E-state index contributed by atoms with van der Waals surface area (Å²) in [5, 5.41) is 4.08. The van der Waals surface area contributed by atoms with E-state index in [4.69, 9.17) is 4.74 Å². The summed E-state index contributed by atoms with van der Waals surface area (Å²) in [4.78, 5) is 29.8. The van der Waals surface area contributed by atoms with E-state index in [1.807, 2.05) is 12.1 Å². The Morgan fingerprint density at radius 1 is 1.10 bits per heavy atom. The highest BCUT2D eigenvalue weighted by Gasteiger charge is 2.55. The first-order chi connectivity index (χ1) is 14.0. The van der Waals surface area contributed by atoms with Crippen LogP contribution in [-0.4, -0.2) is 32.6 Å². The molecule has 0 aliphatic heterocycles. The molecule has 4 aliphatic carbocycles. The average Bonchev–Trinajstić information content (AvgIpc) is 3.20. The normalized spacial score (nSPS) is 30.9. The van der Waals surface area contributed by atoms with Crippen molar-refractivity contribution in [3.05, 3.63) is 48.0 Å². The number of hydrogen-bond donors (Lipinski definition) is 0. The van der Waals surface area contributed by atoms with Gasteiger partial charge in [0.05, 0.1) is 12.1 Å². The van der Waals surface area contributed by atoms with Crippen LogP contribution in [0.1, 0.15) is 61.4 Å². The monoisotopic (exact) mass is 393 g/mol. The van der Waals surface area contributed by atoms with Crippen molar-refractivity contribution in [2.45, 2.75) is 58.1 Å². The molecule has 1 aromatic heterocycles. The molecule has 0 radical (unpaired) electrons. The van der Waals surface area contributed by atoms with Gasteiger partial charge in [-0.05, 0) is 80.9 Å². The highest BCUT2D eigenvalue weighted by atomic mass is 16.5. The smallest absolute Gasteiger partial charge is 0.338 e. The van der Waals surface area contributed by atoms with E-state index >= 15 is 0 Å². The summed E-state index contributed by atoms with van der Waals surface area (Å²) in [6.07, 6.45) is 9.33. The van der Waals surface area contributed by atoms with Gasteiger partial charge >= 0.3 is 5.97 Å². The molecule has 6 heteroatoms. The number of hydrogen-bond acceptors (Lipinski definition) is 5. The van der Waals surface area contributed by atoms with Crippen molar-refractivity contribution in [2.24, 2.45) is 23.2 Å². The van der Waals surface area contributed by atoms with Crippen molar-refractivity contribution in [3.8, 4) is 0 Å². The first-order valence-corrected chi connectivity index (χ1v) is 10.7.